The molecule has 0 saturated heterocycles. The van der Waals surface area contributed by atoms with Gasteiger partial charge in [-0.1, -0.05) is 0 Å². The summed E-state index contributed by atoms with van der Waals surface area (Å²) in [5.74, 6) is 0.689. The van der Waals surface area contributed by atoms with Crippen LogP contribution < -0.4 is 10.1 Å². The Bertz CT molecular complexity index is 284. The second kappa shape index (κ2) is 3.64. The molecule has 1 aliphatic carbocycles. The molecule has 1 heterocycles. The molecule has 0 aromatic carbocycles. The van der Waals surface area contributed by atoms with Gasteiger partial charge < -0.3 is 10.1 Å². The summed E-state index contributed by atoms with van der Waals surface area (Å²) in [6.45, 7) is 0. The van der Waals surface area contributed by atoms with E-state index in [1.807, 2.05) is 12.1 Å². The van der Waals surface area contributed by atoms with Gasteiger partial charge in [0.15, 0.2) is 0 Å². The van der Waals surface area contributed by atoms with E-state index >= 15 is 0 Å². The molecule has 1 saturated carbocycles. The van der Waals surface area contributed by atoms with Crippen molar-refractivity contribution in [3.8, 4) is 5.88 Å². The van der Waals surface area contributed by atoms with Crippen LogP contribution in [-0.4, -0.2) is 18.1 Å². The van der Waals surface area contributed by atoms with E-state index in [2.05, 4.69) is 10.3 Å². The number of hydrogen-bond acceptors (Lipinski definition) is 3. The van der Waals surface area contributed by atoms with Gasteiger partial charge in [0.25, 0.3) is 0 Å². The number of hydrogen-bond donors (Lipinski definition) is 1. The third kappa shape index (κ3) is 1.74. The first-order chi connectivity index (χ1) is 6.40. The predicted octanol–water partition coefficient (Wildman–Crippen LogP) is 2.05. The average Bonchev–Trinajstić information content (AvgIpc) is 2.12. The van der Waals surface area contributed by atoms with E-state index in [0.717, 1.165) is 5.69 Å². The first kappa shape index (κ1) is 8.35. The molecule has 3 nitrogen and oxygen atoms in total. The molecule has 3 heteroatoms. The average molecular weight is 178 g/mol. The molecule has 0 spiro atoms. The minimum absolute atomic E-state index is 0.623. The predicted molar refractivity (Wildman–Crippen MR) is 52.1 cm³/mol. The zero-order valence-electron chi connectivity index (χ0n) is 7.79. The molecule has 70 valence electrons. The molecule has 0 radical (unpaired) electrons. The van der Waals surface area contributed by atoms with Crippen LogP contribution in [0.25, 0.3) is 0 Å². The van der Waals surface area contributed by atoms with Gasteiger partial charge in [-0.15, -0.1) is 0 Å². The number of pyridine rings is 1. The highest BCUT2D eigenvalue weighted by Gasteiger charge is 2.18. The third-order valence-electron chi connectivity index (χ3n) is 2.43. The largest absolute Gasteiger partial charge is 0.480 e. The van der Waals surface area contributed by atoms with Crippen LogP contribution in [0, 0.1) is 0 Å². The zero-order valence-corrected chi connectivity index (χ0v) is 7.79. The maximum absolute atomic E-state index is 5.14. The van der Waals surface area contributed by atoms with Gasteiger partial charge in [-0.05, 0) is 31.4 Å². The van der Waals surface area contributed by atoms with Gasteiger partial charge in [-0.2, -0.15) is 0 Å². The van der Waals surface area contributed by atoms with Crippen LogP contribution in [0.3, 0.4) is 0 Å². The number of nitrogens with zero attached hydrogens (tertiary/aromatic N) is 1. The SMILES string of the molecule is COc1ncccc1NC1CCC1. The lowest BCUT2D eigenvalue weighted by Gasteiger charge is -2.27. The fourth-order valence-electron chi connectivity index (χ4n) is 1.44. The smallest absolute Gasteiger partial charge is 0.237 e. The van der Waals surface area contributed by atoms with Gasteiger partial charge >= 0.3 is 0 Å². The van der Waals surface area contributed by atoms with E-state index < -0.39 is 0 Å². The van der Waals surface area contributed by atoms with Crippen molar-refractivity contribution in [2.24, 2.45) is 0 Å². The normalized spacial score (nSPS) is 16.4. The molecule has 1 N–H and O–H groups in total. The Morgan fingerprint density at radius 2 is 2.38 bits per heavy atom. The van der Waals surface area contributed by atoms with E-state index in [9.17, 15) is 0 Å². The maximum atomic E-state index is 5.14. The Balaban J connectivity index is 2.08. The van der Waals surface area contributed by atoms with Crippen molar-refractivity contribution in [2.45, 2.75) is 25.3 Å². The molecule has 1 aliphatic rings. The number of rotatable bonds is 3. The van der Waals surface area contributed by atoms with E-state index in [-0.39, 0.29) is 0 Å². The minimum atomic E-state index is 0.623. The fraction of sp³-hybridized carbons (Fsp3) is 0.500. The fourth-order valence-corrected chi connectivity index (χ4v) is 1.44. The summed E-state index contributed by atoms with van der Waals surface area (Å²) < 4.78 is 5.14. The summed E-state index contributed by atoms with van der Waals surface area (Å²) in [5, 5.41) is 3.41. The molecule has 0 aliphatic heterocycles. The van der Waals surface area contributed by atoms with Crippen molar-refractivity contribution < 1.29 is 4.74 Å². The first-order valence-electron chi connectivity index (χ1n) is 4.65. The molecule has 1 fully saturated rings. The van der Waals surface area contributed by atoms with Crippen LogP contribution in [-0.2, 0) is 0 Å². The van der Waals surface area contributed by atoms with Gasteiger partial charge in [-0.25, -0.2) is 4.98 Å². The Hall–Kier alpha value is -1.25. The standard InChI is InChI=1S/C10H14N2O/c1-13-10-9(6-3-7-11-10)12-8-4-2-5-8/h3,6-8,12H,2,4-5H2,1H3. The molecule has 0 bridgehead atoms. The highest BCUT2D eigenvalue weighted by molar-refractivity contribution is 5.52. The third-order valence-corrected chi connectivity index (χ3v) is 2.43. The van der Waals surface area contributed by atoms with E-state index in [0.29, 0.717) is 11.9 Å². The lowest BCUT2D eigenvalue weighted by molar-refractivity contribution is 0.395. The second-order valence-corrected chi connectivity index (χ2v) is 3.33. The topological polar surface area (TPSA) is 34.1 Å². The summed E-state index contributed by atoms with van der Waals surface area (Å²) in [4.78, 5) is 4.12. The van der Waals surface area contributed by atoms with Crippen LogP contribution in [0.15, 0.2) is 18.3 Å². The number of nitrogens with one attached hydrogen (secondary N) is 1. The van der Waals surface area contributed by atoms with E-state index in [1.165, 1.54) is 19.3 Å². The van der Waals surface area contributed by atoms with E-state index in [4.69, 9.17) is 4.74 Å². The molecule has 1 aromatic rings. The zero-order chi connectivity index (χ0) is 9.10. The number of methoxy groups -OCH3 is 1. The molecular weight excluding hydrogens is 164 g/mol. The van der Waals surface area contributed by atoms with Gasteiger partial charge in [0.05, 0.1) is 12.8 Å². The summed E-state index contributed by atoms with van der Waals surface area (Å²) >= 11 is 0. The van der Waals surface area contributed by atoms with Gasteiger partial charge in [-0.3, -0.25) is 0 Å². The van der Waals surface area contributed by atoms with Crippen molar-refractivity contribution in [2.75, 3.05) is 12.4 Å². The van der Waals surface area contributed by atoms with Crippen molar-refractivity contribution in [3.05, 3.63) is 18.3 Å². The Morgan fingerprint density at radius 1 is 1.54 bits per heavy atom. The van der Waals surface area contributed by atoms with Crippen LogP contribution >= 0.6 is 0 Å². The Labute approximate surface area is 78.1 Å². The van der Waals surface area contributed by atoms with Gasteiger partial charge in [0.1, 0.15) is 0 Å². The highest BCUT2D eigenvalue weighted by Crippen LogP contribution is 2.27. The highest BCUT2D eigenvalue weighted by atomic mass is 16.5. The van der Waals surface area contributed by atoms with Crippen LogP contribution in [0.2, 0.25) is 0 Å². The van der Waals surface area contributed by atoms with Crippen molar-refractivity contribution in [3.63, 3.8) is 0 Å². The van der Waals surface area contributed by atoms with Crippen LogP contribution in [0.4, 0.5) is 5.69 Å². The molecule has 13 heavy (non-hydrogen) atoms. The van der Waals surface area contributed by atoms with Gasteiger partial charge in [0.2, 0.25) is 5.88 Å². The Morgan fingerprint density at radius 3 is 3.00 bits per heavy atom. The van der Waals surface area contributed by atoms with Crippen molar-refractivity contribution >= 4 is 5.69 Å². The molecule has 1 aromatic heterocycles. The lowest BCUT2D eigenvalue weighted by Crippen LogP contribution is -2.27. The molecule has 2 rings (SSSR count). The number of ether oxygens (including phenoxy) is 1. The first-order valence-corrected chi connectivity index (χ1v) is 4.65. The van der Waals surface area contributed by atoms with Crippen molar-refractivity contribution in [1.29, 1.82) is 0 Å². The molecule has 0 unspecified atom stereocenters. The number of anilines is 1. The number of aromatic nitrogens is 1. The summed E-state index contributed by atoms with van der Waals surface area (Å²) in [6, 6.07) is 4.55. The minimum Gasteiger partial charge on any atom is -0.480 e. The summed E-state index contributed by atoms with van der Waals surface area (Å²) in [5.41, 5.74) is 1.01. The molecule has 0 atom stereocenters. The quantitative estimate of drug-likeness (QED) is 0.769. The maximum Gasteiger partial charge on any atom is 0.237 e. The van der Waals surface area contributed by atoms with Crippen LogP contribution in [0.1, 0.15) is 19.3 Å². The second-order valence-electron chi connectivity index (χ2n) is 3.33. The molecule has 0 amide bonds. The molecular formula is C10H14N2O. The lowest BCUT2D eigenvalue weighted by atomic mass is 9.93. The summed E-state index contributed by atoms with van der Waals surface area (Å²) in [7, 11) is 1.65. The van der Waals surface area contributed by atoms with Crippen LogP contribution in [0.5, 0.6) is 5.88 Å². The summed E-state index contributed by atoms with van der Waals surface area (Å²) in [6.07, 6.45) is 5.60. The van der Waals surface area contributed by atoms with E-state index in [1.54, 1.807) is 13.3 Å². The monoisotopic (exact) mass is 178 g/mol. The Kier molecular flexibility index (Phi) is 2.34. The van der Waals surface area contributed by atoms with Crippen molar-refractivity contribution in [1.82, 2.24) is 4.98 Å². The van der Waals surface area contributed by atoms with Gasteiger partial charge in [0, 0.05) is 12.2 Å².